The summed E-state index contributed by atoms with van der Waals surface area (Å²) >= 11 is 0. The number of rotatable bonds is 8. The summed E-state index contributed by atoms with van der Waals surface area (Å²) in [5.74, 6) is -0.588. The highest BCUT2D eigenvalue weighted by Crippen LogP contribution is 2.23. The van der Waals surface area contributed by atoms with Gasteiger partial charge >= 0.3 is 0 Å². The van der Waals surface area contributed by atoms with E-state index in [2.05, 4.69) is 5.32 Å². The van der Waals surface area contributed by atoms with Crippen LogP contribution in [0.2, 0.25) is 0 Å². The van der Waals surface area contributed by atoms with Crippen molar-refractivity contribution in [3.63, 3.8) is 0 Å². The molecule has 1 N–H and O–H groups in total. The summed E-state index contributed by atoms with van der Waals surface area (Å²) < 4.78 is 13.4. The van der Waals surface area contributed by atoms with Crippen LogP contribution in [-0.2, 0) is 24.3 Å². The van der Waals surface area contributed by atoms with Gasteiger partial charge in [0.15, 0.2) is 0 Å². The van der Waals surface area contributed by atoms with Crippen molar-refractivity contribution < 1.29 is 14.0 Å². The second-order valence-corrected chi connectivity index (χ2v) is 8.49. The fourth-order valence-corrected chi connectivity index (χ4v) is 3.78. The van der Waals surface area contributed by atoms with Gasteiger partial charge in [0.1, 0.15) is 5.82 Å². The number of carbonyl (C=O) groups is 2. The van der Waals surface area contributed by atoms with Gasteiger partial charge in [0.2, 0.25) is 5.91 Å². The molecule has 4 rings (SSSR count). The molecule has 0 atom stereocenters. The van der Waals surface area contributed by atoms with Crippen LogP contribution in [0.4, 0.5) is 10.1 Å². The SMILES string of the molecule is Cc1ccc(C(=O)N(Cc2ccc(F)cc2)c2cccc(CC(=O)NCc3ccccc3)c2)cc1. The van der Waals surface area contributed by atoms with Gasteiger partial charge in [0.25, 0.3) is 5.91 Å². The van der Waals surface area contributed by atoms with Crippen LogP contribution in [0.1, 0.15) is 32.6 Å². The van der Waals surface area contributed by atoms with Crippen LogP contribution >= 0.6 is 0 Å². The summed E-state index contributed by atoms with van der Waals surface area (Å²) in [6, 6.07) is 30.7. The summed E-state index contributed by atoms with van der Waals surface area (Å²) in [7, 11) is 0. The van der Waals surface area contributed by atoms with Crippen molar-refractivity contribution >= 4 is 17.5 Å². The molecular formula is C30H27FN2O2. The largest absolute Gasteiger partial charge is 0.352 e. The zero-order chi connectivity index (χ0) is 24.6. The van der Waals surface area contributed by atoms with E-state index in [1.54, 1.807) is 29.2 Å². The van der Waals surface area contributed by atoms with Gasteiger partial charge in [-0.05, 0) is 60.0 Å². The van der Waals surface area contributed by atoms with Crippen molar-refractivity contribution in [3.8, 4) is 0 Å². The molecule has 0 aliphatic rings. The van der Waals surface area contributed by atoms with Crippen LogP contribution in [0.25, 0.3) is 0 Å². The Bertz CT molecular complexity index is 1290. The molecule has 0 unspecified atom stereocenters. The Labute approximate surface area is 205 Å². The molecule has 4 nitrogen and oxygen atoms in total. The third-order valence-corrected chi connectivity index (χ3v) is 5.72. The van der Waals surface area contributed by atoms with Crippen LogP contribution in [0, 0.1) is 12.7 Å². The van der Waals surface area contributed by atoms with E-state index >= 15 is 0 Å². The zero-order valence-corrected chi connectivity index (χ0v) is 19.6. The average Bonchev–Trinajstić information content (AvgIpc) is 2.88. The molecule has 0 bridgehead atoms. The molecule has 2 amide bonds. The maximum Gasteiger partial charge on any atom is 0.258 e. The number of hydrogen-bond acceptors (Lipinski definition) is 2. The highest BCUT2D eigenvalue weighted by molar-refractivity contribution is 6.06. The monoisotopic (exact) mass is 466 g/mol. The number of amides is 2. The van der Waals surface area contributed by atoms with E-state index in [-0.39, 0.29) is 30.6 Å². The lowest BCUT2D eigenvalue weighted by molar-refractivity contribution is -0.120. The lowest BCUT2D eigenvalue weighted by Crippen LogP contribution is -2.30. The molecule has 35 heavy (non-hydrogen) atoms. The van der Waals surface area contributed by atoms with Crippen LogP contribution < -0.4 is 10.2 Å². The number of carbonyl (C=O) groups excluding carboxylic acids is 2. The Hall–Kier alpha value is -4.25. The first-order chi connectivity index (χ1) is 17.0. The maximum absolute atomic E-state index is 13.5. The number of aryl methyl sites for hydroxylation is 1. The molecular weight excluding hydrogens is 439 g/mol. The Kier molecular flexibility index (Phi) is 7.68. The quantitative estimate of drug-likeness (QED) is 0.355. The summed E-state index contributed by atoms with van der Waals surface area (Å²) in [5.41, 5.74) is 4.93. The highest BCUT2D eigenvalue weighted by Gasteiger charge is 2.19. The molecule has 0 saturated carbocycles. The van der Waals surface area contributed by atoms with Crippen molar-refractivity contribution in [3.05, 3.63) is 137 Å². The number of hydrogen-bond donors (Lipinski definition) is 1. The number of benzene rings is 4. The average molecular weight is 467 g/mol. The Balaban J connectivity index is 1.54. The third kappa shape index (κ3) is 6.64. The van der Waals surface area contributed by atoms with Crippen molar-refractivity contribution in [1.82, 2.24) is 5.32 Å². The van der Waals surface area contributed by atoms with E-state index in [4.69, 9.17) is 0 Å². The van der Waals surface area contributed by atoms with Crippen LogP contribution in [0.3, 0.4) is 0 Å². The molecule has 4 aromatic carbocycles. The van der Waals surface area contributed by atoms with E-state index in [1.807, 2.05) is 73.7 Å². The zero-order valence-electron chi connectivity index (χ0n) is 19.6. The molecule has 176 valence electrons. The van der Waals surface area contributed by atoms with Crippen molar-refractivity contribution in [2.75, 3.05) is 4.90 Å². The first-order valence-electron chi connectivity index (χ1n) is 11.5. The van der Waals surface area contributed by atoms with E-state index in [9.17, 15) is 14.0 Å². The smallest absolute Gasteiger partial charge is 0.258 e. The summed E-state index contributed by atoms with van der Waals surface area (Å²) in [5, 5.41) is 2.94. The molecule has 0 radical (unpaired) electrons. The minimum Gasteiger partial charge on any atom is -0.352 e. The van der Waals surface area contributed by atoms with Crippen LogP contribution in [0.5, 0.6) is 0 Å². The number of nitrogens with one attached hydrogen (secondary N) is 1. The van der Waals surface area contributed by atoms with Gasteiger partial charge < -0.3 is 10.2 Å². The van der Waals surface area contributed by atoms with E-state index in [1.165, 1.54) is 12.1 Å². The van der Waals surface area contributed by atoms with E-state index in [0.717, 1.165) is 22.3 Å². The summed E-state index contributed by atoms with van der Waals surface area (Å²) in [6.45, 7) is 2.70. The molecule has 0 aromatic heterocycles. The standard InChI is InChI=1S/C30H27FN2O2/c1-22-10-14-26(15-11-22)30(35)33(21-24-12-16-27(31)17-13-24)28-9-5-8-25(18-28)19-29(34)32-20-23-6-3-2-4-7-23/h2-18H,19-21H2,1H3,(H,32,34). The maximum atomic E-state index is 13.5. The second-order valence-electron chi connectivity index (χ2n) is 8.49. The molecule has 0 saturated heterocycles. The Morgan fingerprint density at radius 2 is 1.46 bits per heavy atom. The first-order valence-corrected chi connectivity index (χ1v) is 11.5. The number of halogens is 1. The summed E-state index contributed by atoms with van der Waals surface area (Å²) in [6.07, 6.45) is 0.198. The third-order valence-electron chi connectivity index (χ3n) is 5.72. The number of nitrogens with zero attached hydrogens (tertiary/aromatic N) is 1. The topological polar surface area (TPSA) is 49.4 Å². The normalized spacial score (nSPS) is 10.6. The molecule has 5 heteroatoms. The predicted octanol–water partition coefficient (Wildman–Crippen LogP) is 5.84. The second kappa shape index (κ2) is 11.3. The van der Waals surface area contributed by atoms with Gasteiger partial charge in [-0.1, -0.05) is 72.3 Å². The Morgan fingerprint density at radius 3 is 2.17 bits per heavy atom. The van der Waals surface area contributed by atoms with E-state index in [0.29, 0.717) is 17.8 Å². The fourth-order valence-electron chi connectivity index (χ4n) is 3.78. The molecule has 0 spiro atoms. The van der Waals surface area contributed by atoms with Gasteiger partial charge in [0.05, 0.1) is 13.0 Å². The van der Waals surface area contributed by atoms with Gasteiger partial charge in [-0.2, -0.15) is 0 Å². The van der Waals surface area contributed by atoms with Gasteiger partial charge in [-0.3, -0.25) is 9.59 Å². The molecule has 4 aromatic rings. The lowest BCUT2D eigenvalue weighted by atomic mass is 10.1. The highest BCUT2D eigenvalue weighted by atomic mass is 19.1. The van der Waals surface area contributed by atoms with Crippen LogP contribution in [-0.4, -0.2) is 11.8 Å². The van der Waals surface area contributed by atoms with Crippen LogP contribution in [0.15, 0.2) is 103 Å². The minimum atomic E-state index is -0.325. The number of anilines is 1. The first kappa shape index (κ1) is 23.9. The van der Waals surface area contributed by atoms with Gasteiger partial charge in [-0.25, -0.2) is 4.39 Å². The molecule has 0 aliphatic heterocycles. The molecule has 0 fully saturated rings. The molecule has 0 aliphatic carbocycles. The van der Waals surface area contributed by atoms with Crippen molar-refractivity contribution in [1.29, 1.82) is 0 Å². The lowest BCUT2D eigenvalue weighted by Gasteiger charge is -2.24. The minimum absolute atomic E-state index is 0.0963. The van der Waals surface area contributed by atoms with Crippen molar-refractivity contribution in [2.45, 2.75) is 26.4 Å². The predicted molar refractivity (Wildman–Crippen MR) is 137 cm³/mol. The summed E-state index contributed by atoms with van der Waals surface area (Å²) in [4.78, 5) is 27.7. The van der Waals surface area contributed by atoms with Crippen molar-refractivity contribution in [2.24, 2.45) is 0 Å². The van der Waals surface area contributed by atoms with Gasteiger partial charge in [0, 0.05) is 17.8 Å². The van der Waals surface area contributed by atoms with E-state index < -0.39 is 0 Å². The van der Waals surface area contributed by atoms with Gasteiger partial charge in [-0.15, -0.1) is 0 Å². The Morgan fingerprint density at radius 1 is 0.771 bits per heavy atom. The fraction of sp³-hybridized carbons (Fsp3) is 0.133. The molecule has 0 heterocycles.